The van der Waals surface area contributed by atoms with Crippen LogP contribution >= 0.6 is 0 Å². The average molecular weight is 213 g/mol. The van der Waals surface area contributed by atoms with Gasteiger partial charge in [-0.2, -0.15) is 0 Å². The summed E-state index contributed by atoms with van der Waals surface area (Å²) >= 11 is 0. The van der Waals surface area contributed by atoms with Crippen LogP contribution in [0.5, 0.6) is 0 Å². The van der Waals surface area contributed by atoms with Crippen LogP contribution in [0.15, 0.2) is 18.2 Å². The van der Waals surface area contributed by atoms with Crippen LogP contribution in [0.4, 0.5) is 8.78 Å². The van der Waals surface area contributed by atoms with Crippen LogP contribution in [0.3, 0.4) is 0 Å². The average Bonchev–Trinajstić information content (AvgIpc) is 2.20. The van der Waals surface area contributed by atoms with Crippen molar-refractivity contribution < 1.29 is 13.6 Å². The van der Waals surface area contributed by atoms with E-state index in [2.05, 4.69) is 5.32 Å². The van der Waals surface area contributed by atoms with Crippen molar-refractivity contribution in [2.45, 2.75) is 19.3 Å². The molecule has 0 spiro atoms. The molecule has 0 aliphatic heterocycles. The Morgan fingerprint density at radius 3 is 2.33 bits per heavy atom. The molecule has 4 heteroatoms. The van der Waals surface area contributed by atoms with Crippen LogP contribution < -0.4 is 5.32 Å². The van der Waals surface area contributed by atoms with Crippen molar-refractivity contribution in [1.29, 1.82) is 0 Å². The highest BCUT2D eigenvalue weighted by atomic mass is 19.2. The van der Waals surface area contributed by atoms with E-state index in [1.165, 1.54) is 13.1 Å². The lowest BCUT2D eigenvalue weighted by molar-refractivity contribution is -0.125. The van der Waals surface area contributed by atoms with Crippen molar-refractivity contribution in [2.75, 3.05) is 7.05 Å². The third kappa shape index (κ3) is 2.14. The maximum atomic E-state index is 13.0. The lowest BCUT2D eigenvalue weighted by atomic mass is 9.83. The largest absolute Gasteiger partial charge is 0.358 e. The van der Waals surface area contributed by atoms with Gasteiger partial charge in [0.1, 0.15) is 0 Å². The molecule has 0 aliphatic carbocycles. The summed E-state index contributed by atoms with van der Waals surface area (Å²) < 4.78 is 25.7. The van der Waals surface area contributed by atoms with E-state index in [0.29, 0.717) is 5.56 Å². The molecule has 0 bridgehead atoms. The molecule has 0 radical (unpaired) electrons. The molecule has 0 fully saturated rings. The van der Waals surface area contributed by atoms with Gasteiger partial charge in [-0.3, -0.25) is 4.79 Å². The lowest BCUT2D eigenvalue weighted by Crippen LogP contribution is -2.38. The maximum Gasteiger partial charge on any atom is 0.229 e. The van der Waals surface area contributed by atoms with Gasteiger partial charge in [-0.05, 0) is 31.5 Å². The van der Waals surface area contributed by atoms with Crippen molar-refractivity contribution in [1.82, 2.24) is 5.32 Å². The number of likely N-dealkylation sites (N-methyl/N-ethyl adjacent to an activating group) is 1. The first-order chi connectivity index (χ1) is 6.89. The molecule has 0 heterocycles. The van der Waals surface area contributed by atoms with Gasteiger partial charge in [0.15, 0.2) is 11.6 Å². The summed E-state index contributed by atoms with van der Waals surface area (Å²) in [6.45, 7) is 3.30. The molecule has 0 unspecified atom stereocenters. The number of hydrogen-bond donors (Lipinski definition) is 1. The monoisotopic (exact) mass is 213 g/mol. The molecule has 2 nitrogen and oxygen atoms in total. The second-order valence-electron chi connectivity index (χ2n) is 3.83. The fraction of sp³-hybridized carbons (Fsp3) is 0.364. The van der Waals surface area contributed by atoms with E-state index in [1.807, 2.05) is 0 Å². The highest BCUT2D eigenvalue weighted by molar-refractivity contribution is 5.87. The summed E-state index contributed by atoms with van der Waals surface area (Å²) in [5.74, 6) is -2.09. The SMILES string of the molecule is CNC(=O)C(C)(C)c1ccc(F)c(F)c1. The molecule has 82 valence electrons. The third-order valence-electron chi connectivity index (χ3n) is 2.44. The van der Waals surface area contributed by atoms with E-state index in [9.17, 15) is 13.6 Å². The number of benzene rings is 1. The first kappa shape index (κ1) is 11.6. The van der Waals surface area contributed by atoms with Crippen molar-refractivity contribution in [2.24, 2.45) is 0 Å². The quantitative estimate of drug-likeness (QED) is 0.799. The Hall–Kier alpha value is -1.45. The molecule has 0 atom stereocenters. The Bertz CT molecular complexity index is 388. The molecule has 1 aromatic rings. The van der Waals surface area contributed by atoms with Gasteiger partial charge in [-0.1, -0.05) is 6.07 Å². The van der Waals surface area contributed by atoms with E-state index in [4.69, 9.17) is 0 Å². The number of rotatable bonds is 2. The van der Waals surface area contributed by atoms with Gasteiger partial charge in [0.25, 0.3) is 0 Å². The minimum absolute atomic E-state index is 0.242. The predicted octanol–water partition coefficient (Wildman–Crippen LogP) is 1.99. The Morgan fingerprint density at radius 2 is 1.87 bits per heavy atom. The lowest BCUT2D eigenvalue weighted by Gasteiger charge is -2.23. The van der Waals surface area contributed by atoms with E-state index >= 15 is 0 Å². The summed E-state index contributed by atoms with van der Waals surface area (Å²) in [4.78, 5) is 11.5. The zero-order chi connectivity index (χ0) is 11.6. The third-order valence-corrected chi connectivity index (χ3v) is 2.44. The van der Waals surface area contributed by atoms with Crippen molar-refractivity contribution in [3.8, 4) is 0 Å². The summed E-state index contributed by atoms with van der Waals surface area (Å²) in [5.41, 5.74) is -0.427. The first-order valence-corrected chi connectivity index (χ1v) is 4.57. The minimum atomic E-state index is -0.940. The summed E-state index contributed by atoms with van der Waals surface area (Å²) in [7, 11) is 1.50. The molecular formula is C11H13F2NO. The van der Waals surface area contributed by atoms with Crippen LogP contribution in [0, 0.1) is 11.6 Å². The Morgan fingerprint density at radius 1 is 1.27 bits per heavy atom. The summed E-state index contributed by atoms with van der Waals surface area (Å²) in [6.07, 6.45) is 0. The number of amides is 1. The van der Waals surface area contributed by atoms with E-state index in [0.717, 1.165) is 12.1 Å². The van der Waals surface area contributed by atoms with Crippen LogP contribution in [-0.4, -0.2) is 13.0 Å². The Balaban J connectivity index is 3.16. The number of carbonyl (C=O) groups excluding carboxylic acids is 1. The Labute approximate surface area is 87.3 Å². The first-order valence-electron chi connectivity index (χ1n) is 4.57. The van der Waals surface area contributed by atoms with Gasteiger partial charge in [0.05, 0.1) is 5.41 Å². The molecule has 0 aliphatic rings. The molecule has 0 aromatic heterocycles. The summed E-state index contributed by atoms with van der Waals surface area (Å²) in [5, 5.41) is 2.48. The molecule has 15 heavy (non-hydrogen) atoms. The van der Waals surface area contributed by atoms with E-state index < -0.39 is 17.0 Å². The van der Waals surface area contributed by atoms with Gasteiger partial charge in [0.2, 0.25) is 5.91 Å². The van der Waals surface area contributed by atoms with Gasteiger partial charge in [0, 0.05) is 7.05 Å². The second kappa shape index (κ2) is 3.96. The van der Waals surface area contributed by atoms with Crippen LogP contribution in [-0.2, 0) is 10.2 Å². The van der Waals surface area contributed by atoms with Gasteiger partial charge >= 0.3 is 0 Å². The highest BCUT2D eigenvalue weighted by Gasteiger charge is 2.29. The van der Waals surface area contributed by atoms with Crippen molar-refractivity contribution in [3.63, 3.8) is 0 Å². The number of nitrogens with one attached hydrogen (secondary N) is 1. The van der Waals surface area contributed by atoms with Crippen LogP contribution in [0.1, 0.15) is 19.4 Å². The van der Waals surface area contributed by atoms with E-state index in [1.54, 1.807) is 13.8 Å². The minimum Gasteiger partial charge on any atom is -0.358 e. The number of carbonyl (C=O) groups is 1. The smallest absolute Gasteiger partial charge is 0.229 e. The summed E-state index contributed by atoms with van der Waals surface area (Å²) in [6, 6.07) is 3.48. The molecule has 1 rings (SSSR count). The zero-order valence-electron chi connectivity index (χ0n) is 8.90. The molecule has 0 saturated heterocycles. The van der Waals surface area contributed by atoms with E-state index in [-0.39, 0.29) is 5.91 Å². The number of halogens is 2. The fourth-order valence-corrected chi connectivity index (χ4v) is 1.33. The maximum absolute atomic E-state index is 13.0. The highest BCUT2D eigenvalue weighted by Crippen LogP contribution is 2.24. The molecule has 0 saturated carbocycles. The van der Waals surface area contributed by atoms with Crippen molar-refractivity contribution >= 4 is 5.91 Å². The van der Waals surface area contributed by atoms with Gasteiger partial charge < -0.3 is 5.32 Å². The topological polar surface area (TPSA) is 29.1 Å². The van der Waals surface area contributed by atoms with Gasteiger partial charge in [-0.15, -0.1) is 0 Å². The fourth-order valence-electron chi connectivity index (χ4n) is 1.33. The molecule has 1 amide bonds. The Kier molecular flexibility index (Phi) is 3.07. The van der Waals surface area contributed by atoms with Crippen molar-refractivity contribution in [3.05, 3.63) is 35.4 Å². The normalized spacial score (nSPS) is 11.3. The standard InChI is InChI=1S/C11H13F2NO/c1-11(2,10(15)14-3)7-4-5-8(12)9(13)6-7/h4-6H,1-3H3,(H,14,15). The van der Waals surface area contributed by atoms with Crippen LogP contribution in [0.2, 0.25) is 0 Å². The molecule has 1 N–H and O–H groups in total. The van der Waals surface area contributed by atoms with Gasteiger partial charge in [-0.25, -0.2) is 8.78 Å². The predicted molar refractivity (Wildman–Crippen MR) is 53.5 cm³/mol. The number of hydrogen-bond acceptors (Lipinski definition) is 1. The second-order valence-corrected chi connectivity index (χ2v) is 3.83. The molecular weight excluding hydrogens is 200 g/mol. The zero-order valence-corrected chi connectivity index (χ0v) is 8.90. The van der Waals surface area contributed by atoms with Crippen LogP contribution in [0.25, 0.3) is 0 Å². The molecule has 1 aromatic carbocycles.